The summed E-state index contributed by atoms with van der Waals surface area (Å²) in [6, 6.07) is 0. The average molecular weight is 303 g/mol. The number of rotatable bonds is 3. The Balaban J connectivity index is 2.49. The first-order valence-electron chi connectivity index (χ1n) is 5.39. The molecule has 112 valence electrons. The largest absolute Gasteiger partial charge is 0.475 e. The Morgan fingerprint density at radius 1 is 1.20 bits per heavy atom. The van der Waals surface area contributed by atoms with Gasteiger partial charge in [0.1, 0.15) is 0 Å². The predicted octanol–water partition coefficient (Wildman–Crippen LogP) is 3.46. The van der Waals surface area contributed by atoms with E-state index < -0.39 is 41.8 Å². The molecule has 0 aromatic carbocycles. The summed E-state index contributed by atoms with van der Waals surface area (Å²) in [5.41, 5.74) is -0.356. The van der Waals surface area contributed by atoms with E-state index in [1.54, 1.807) is 0 Å². The maximum atomic E-state index is 12.5. The Kier molecular flexibility index (Phi) is 3.22. The van der Waals surface area contributed by atoms with Crippen molar-refractivity contribution in [2.45, 2.75) is 37.0 Å². The molecule has 1 heterocycles. The smallest absolute Gasteiger partial charge is 0.409 e. The molecule has 20 heavy (non-hydrogen) atoms. The van der Waals surface area contributed by atoms with Crippen LogP contribution < -0.4 is 0 Å². The molecular weight excluding hydrogens is 296 g/mol. The maximum Gasteiger partial charge on any atom is 0.409 e. The second-order valence-corrected chi connectivity index (χ2v) is 4.36. The molecule has 0 amide bonds. The van der Waals surface area contributed by atoms with E-state index in [0.29, 0.717) is 12.8 Å². The van der Waals surface area contributed by atoms with Crippen LogP contribution in [0.25, 0.3) is 0 Å². The van der Waals surface area contributed by atoms with Gasteiger partial charge in [-0.3, -0.25) is 0 Å². The fourth-order valence-electron chi connectivity index (χ4n) is 1.72. The molecule has 0 radical (unpaired) electrons. The summed E-state index contributed by atoms with van der Waals surface area (Å²) in [6.07, 6.45) is -10.4. The predicted molar refractivity (Wildman–Crippen MR) is 50.3 cm³/mol. The quantitative estimate of drug-likeness (QED) is 0.869. The standard InChI is InChI=1S/C10H7F6NO3/c11-9(12,13)6(10(14,15)16)7-17-4(3-1-2-3)5(20-7)8(18)19/h3,6H,1-2H2,(H,18,19). The summed E-state index contributed by atoms with van der Waals surface area (Å²) in [5.74, 6) is -8.76. The Morgan fingerprint density at radius 3 is 2.05 bits per heavy atom. The van der Waals surface area contributed by atoms with Crippen molar-refractivity contribution < 1.29 is 40.7 Å². The van der Waals surface area contributed by atoms with Crippen LogP contribution in [0.15, 0.2) is 4.42 Å². The highest BCUT2D eigenvalue weighted by Crippen LogP contribution is 2.48. The Morgan fingerprint density at radius 2 is 1.70 bits per heavy atom. The first kappa shape index (κ1) is 14.7. The second kappa shape index (κ2) is 4.38. The topological polar surface area (TPSA) is 63.3 Å². The number of nitrogens with zero attached hydrogens (tertiary/aromatic N) is 1. The molecule has 10 heteroatoms. The number of carbonyl (C=O) groups is 1. The van der Waals surface area contributed by atoms with Gasteiger partial charge in [-0.15, -0.1) is 0 Å². The second-order valence-electron chi connectivity index (χ2n) is 4.36. The van der Waals surface area contributed by atoms with Crippen molar-refractivity contribution in [2.24, 2.45) is 0 Å². The molecule has 2 rings (SSSR count). The monoisotopic (exact) mass is 303 g/mol. The molecule has 0 bridgehead atoms. The third-order valence-electron chi connectivity index (χ3n) is 2.73. The number of halogens is 6. The molecule has 0 saturated heterocycles. The summed E-state index contributed by atoms with van der Waals surface area (Å²) in [5, 5.41) is 8.75. The zero-order chi connectivity index (χ0) is 15.3. The van der Waals surface area contributed by atoms with Crippen molar-refractivity contribution >= 4 is 5.97 Å². The Labute approximate surface area is 107 Å². The minimum atomic E-state index is -5.67. The van der Waals surface area contributed by atoms with Crippen LogP contribution >= 0.6 is 0 Å². The van der Waals surface area contributed by atoms with Crippen LogP contribution in [0.1, 0.15) is 46.8 Å². The van der Waals surface area contributed by atoms with Crippen molar-refractivity contribution in [2.75, 3.05) is 0 Å². The number of oxazole rings is 1. The highest BCUT2D eigenvalue weighted by molar-refractivity contribution is 5.86. The number of hydrogen-bond acceptors (Lipinski definition) is 3. The van der Waals surface area contributed by atoms with E-state index >= 15 is 0 Å². The van der Waals surface area contributed by atoms with Gasteiger partial charge in [0.25, 0.3) is 0 Å². The van der Waals surface area contributed by atoms with Gasteiger partial charge in [0.2, 0.25) is 17.6 Å². The fraction of sp³-hybridized carbons (Fsp3) is 0.600. The zero-order valence-electron chi connectivity index (χ0n) is 9.55. The minimum absolute atomic E-state index is 0.356. The summed E-state index contributed by atoms with van der Waals surface area (Å²) in [4.78, 5) is 13.9. The van der Waals surface area contributed by atoms with Crippen molar-refractivity contribution in [3.05, 3.63) is 17.3 Å². The molecule has 0 aliphatic heterocycles. The first-order chi connectivity index (χ1) is 9.01. The molecule has 0 spiro atoms. The maximum absolute atomic E-state index is 12.5. The molecule has 1 aromatic rings. The van der Waals surface area contributed by atoms with Gasteiger partial charge >= 0.3 is 18.3 Å². The van der Waals surface area contributed by atoms with E-state index in [2.05, 4.69) is 9.40 Å². The van der Waals surface area contributed by atoms with Crippen LogP contribution in [-0.2, 0) is 0 Å². The van der Waals surface area contributed by atoms with Crippen molar-refractivity contribution in [3.63, 3.8) is 0 Å². The molecule has 1 aliphatic carbocycles. The zero-order valence-corrected chi connectivity index (χ0v) is 9.55. The van der Waals surface area contributed by atoms with E-state index in [4.69, 9.17) is 5.11 Å². The van der Waals surface area contributed by atoms with Gasteiger partial charge < -0.3 is 9.52 Å². The Hall–Kier alpha value is -1.74. The molecule has 1 aromatic heterocycles. The normalized spacial score (nSPS) is 16.8. The van der Waals surface area contributed by atoms with Crippen LogP contribution in [-0.4, -0.2) is 28.4 Å². The molecule has 1 fully saturated rings. The summed E-state index contributed by atoms with van der Waals surface area (Å²) >= 11 is 0. The lowest BCUT2D eigenvalue weighted by Crippen LogP contribution is -2.34. The molecule has 0 unspecified atom stereocenters. The lowest BCUT2D eigenvalue weighted by molar-refractivity contribution is -0.258. The lowest BCUT2D eigenvalue weighted by Gasteiger charge is -2.19. The van der Waals surface area contributed by atoms with E-state index in [1.165, 1.54) is 0 Å². The lowest BCUT2D eigenvalue weighted by atomic mass is 10.1. The SMILES string of the molecule is O=C(O)c1oc(C(C(F)(F)F)C(F)(F)F)nc1C1CC1. The number of aromatic carboxylic acids is 1. The van der Waals surface area contributed by atoms with Crippen LogP contribution in [0, 0.1) is 0 Å². The van der Waals surface area contributed by atoms with Crippen LogP contribution in [0.4, 0.5) is 26.3 Å². The van der Waals surface area contributed by atoms with E-state index in [1.807, 2.05) is 0 Å². The number of carboxylic acid groups (broad SMARTS) is 1. The van der Waals surface area contributed by atoms with Crippen molar-refractivity contribution in [1.29, 1.82) is 0 Å². The van der Waals surface area contributed by atoms with Gasteiger partial charge in [-0.25, -0.2) is 9.78 Å². The molecule has 1 saturated carbocycles. The van der Waals surface area contributed by atoms with Crippen molar-refractivity contribution in [3.8, 4) is 0 Å². The van der Waals surface area contributed by atoms with Crippen LogP contribution in [0.3, 0.4) is 0 Å². The highest BCUT2D eigenvalue weighted by atomic mass is 19.4. The van der Waals surface area contributed by atoms with Gasteiger partial charge in [-0.05, 0) is 12.8 Å². The average Bonchev–Trinajstić information content (AvgIpc) is 2.96. The Bertz CT molecular complexity index is 514. The van der Waals surface area contributed by atoms with Gasteiger partial charge in [0.05, 0.1) is 5.69 Å². The molecule has 0 atom stereocenters. The van der Waals surface area contributed by atoms with Crippen LogP contribution in [0.2, 0.25) is 0 Å². The summed E-state index contributed by atoms with van der Waals surface area (Å²) in [7, 11) is 0. The summed E-state index contributed by atoms with van der Waals surface area (Å²) in [6.45, 7) is 0. The van der Waals surface area contributed by atoms with Crippen LogP contribution in [0.5, 0.6) is 0 Å². The summed E-state index contributed by atoms with van der Waals surface area (Å²) < 4.78 is 79.2. The highest BCUT2D eigenvalue weighted by Gasteiger charge is 2.61. The van der Waals surface area contributed by atoms with E-state index in [9.17, 15) is 31.1 Å². The molecule has 1 N–H and O–H groups in total. The number of carboxylic acids is 1. The van der Waals surface area contributed by atoms with Gasteiger partial charge in [0, 0.05) is 5.92 Å². The molecular formula is C10H7F6NO3. The minimum Gasteiger partial charge on any atom is -0.475 e. The number of alkyl halides is 6. The number of hydrogen-bond donors (Lipinski definition) is 1. The molecule has 4 nitrogen and oxygen atoms in total. The third kappa shape index (κ3) is 2.73. The molecule has 1 aliphatic rings. The fourth-order valence-corrected chi connectivity index (χ4v) is 1.72. The van der Waals surface area contributed by atoms with Gasteiger partial charge in [-0.1, -0.05) is 0 Å². The van der Waals surface area contributed by atoms with E-state index in [-0.39, 0.29) is 5.69 Å². The third-order valence-corrected chi connectivity index (χ3v) is 2.73. The number of aromatic nitrogens is 1. The van der Waals surface area contributed by atoms with Gasteiger partial charge in [-0.2, -0.15) is 26.3 Å². The van der Waals surface area contributed by atoms with Crippen molar-refractivity contribution in [1.82, 2.24) is 4.98 Å². The van der Waals surface area contributed by atoms with Gasteiger partial charge in [0.15, 0.2) is 0 Å². The first-order valence-corrected chi connectivity index (χ1v) is 5.39. The van der Waals surface area contributed by atoms with E-state index in [0.717, 1.165) is 0 Å².